The monoisotopic (exact) mass is 155 g/mol. The Morgan fingerprint density at radius 2 is 2.09 bits per heavy atom. The maximum Gasteiger partial charge on any atom is 0.0511 e. The molecular formula is C9H17NO. The molecule has 0 aromatic carbocycles. The van der Waals surface area contributed by atoms with Crippen LogP contribution >= 0.6 is 0 Å². The third-order valence-electron chi connectivity index (χ3n) is 3.05. The van der Waals surface area contributed by atoms with Gasteiger partial charge >= 0.3 is 0 Å². The Bertz CT molecular complexity index is 134. The molecule has 2 aliphatic rings. The molecule has 2 rings (SSSR count). The van der Waals surface area contributed by atoms with Gasteiger partial charge in [-0.25, -0.2) is 0 Å². The molecule has 2 heteroatoms. The van der Waals surface area contributed by atoms with E-state index in [2.05, 4.69) is 0 Å². The highest BCUT2D eigenvalue weighted by Crippen LogP contribution is 2.42. The summed E-state index contributed by atoms with van der Waals surface area (Å²) in [6.07, 6.45) is 6.27. The second-order valence-electron chi connectivity index (χ2n) is 4.00. The SMILES string of the molecule is NC1(C2CCCCOC2)CC1. The number of ether oxygens (including phenoxy) is 1. The van der Waals surface area contributed by atoms with Crippen molar-refractivity contribution in [2.24, 2.45) is 11.7 Å². The van der Waals surface area contributed by atoms with Crippen LogP contribution < -0.4 is 5.73 Å². The highest BCUT2D eigenvalue weighted by molar-refractivity contribution is 5.03. The third kappa shape index (κ3) is 1.57. The van der Waals surface area contributed by atoms with Crippen LogP contribution in [-0.2, 0) is 4.74 Å². The first-order valence-corrected chi connectivity index (χ1v) is 4.68. The van der Waals surface area contributed by atoms with Gasteiger partial charge in [0.25, 0.3) is 0 Å². The predicted molar refractivity (Wildman–Crippen MR) is 44.3 cm³/mol. The smallest absolute Gasteiger partial charge is 0.0511 e. The van der Waals surface area contributed by atoms with Crippen LogP contribution in [-0.4, -0.2) is 18.8 Å². The van der Waals surface area contributed by atoms with Crippen LogP contribution in [0.2, 0.25) is 0 Å². The molecule has 2 fully saturated rings. The molecule has 1 saturated heterocycles. The van der Waals surface area contributed by atoms with Crippen LogP contribution in [0.5, 0.6) is 0 Å². The number of hydrogen-bond donors (Lipinski definition) is 1. The first-order chi connectivity index (χ1) is 5.31. The van der Waals surface area contributed by atoms with E-state index < -0.39 is 0 Å². The largest absolute Gasteiger partial charge is 0.381 e. The minimum Gasteiger partial charge on any atom is -0.381 e. The van der Waals surface area contributed by atoms with Crippen molar-refractivity contribution in [3.05, 3.63) is 0 Å². The Morgan fingerprint density at radius 1 is 1.27 bits per heavy atom. The van der Waals surface area contributed by atoms with E-state index in [1.807, 2.05) is 0 Å². The van der Waals surface area contributed by atoms with E-state index in [1.165, 1.54) is 32.1 Å². The lowest BCUT2D eigenvalue weighted by molar-refractivity contribution is 0.103. The van der Waals surface area contributed by atoms with Crippen LogP contribution in [0, 0.1) is 5.92 Å². The average Bonchev–Trinajstić information content (AvgIpc) is 2.73. The van der Waals surface area contributed by atoms with Gasteiger partial charge in [0, 0.05) is 18.1 Å². The van der Waals surface area contributed by atoms with E-state index >= 15 is 0 Å². The molecule has 1 saturated carbocycles. The Labute approximate surface area is 68.1 Å². The van der Waals surface area contributed by atoms with Crippen molar-refractivity contribution in [3.8, 4) is 0 Å². The molecule has 0 radical (unpaired) electrons. The number of nitrogens with two attached hydrogens (primary N) is 1. The summed E-state index contributed by atoms with van der Waals surface area (Å²) in [7, 11) is 0. The molecule has 0 spiro atoms. The summed E-state index contributed by atoms with van der Waals surface area (Å²) in [5.74, 6) is 0.657. The number of rotatable bonds is 1. The number of hydrogen-bond acceptors (Lipinski definition) is 2. The summed E-state index contributed by atoms with van der Waals surface area (Å²) in [5.41, 5.74) is 6.30. The molecule has 1 aliphatic heterocycles. The van der Waals surface area contributed by atoms with E-state index in [0.717, 1.165) is 13.2 Å². The fraction of sp³-hybridized carbons (Fsp3) is 1.00. The average molecular weight is 155 g/mol. The van der Waals surface area contributed by atoms with Crippen molar-refractivity contribution in [2.45, 2.75) is 37.6 Å². The van der Waals surface area contributed by atoms with Crippen molar-refractivity contribution >= 4 is 0 Å². The van der Waals surface area contributed by atoms with Gasteiger partial charge < -0.3 is 10.5 Å². The fourth-order valence-corrected chi connectivity index (χ4v) is 1.91. The van der Waals surface area contributed by atoms with Crippen molar-refractivity contribution in [1.82, 2.24) is 0 Å². The van der Waals surface area contributed by atoms with E-state index in [0.29, 0.717) is 5.92 Å². The maximum absolute atomic E-state index is 6.11. The summed E-state index contributed by atoms with van der Waals surface area (Å²) < 4.78 is 5.49. The maximum atomic E-state index is 6.11. The molecule has 64 valence electrons. The second kappa shape index (κ2) is 2.76. The Balaban J connectivity index is 1.90. The molecule has 1 aliphatic carbocycles. The highest BCUT2D eigenvalue weighted by atomic mass is 16.5. The van der Waals surface area contributed by atoms with Gasteiger partial charge in [0.05, 0.1) is 6.61 Å². The van der Waals surface area contributed by atoms with E-state index in [9.17, 15) is 0 Å². The fourth-order valence-electron chi connectivity index (χ4n) is 1.91. The van der Waals surface area contributed by atoms with Gasteiger partial charge in [-0.1, -0.05) is 6.42 Å². The van der Waals surface area contributed by atoms with Gasteiger partial charge in [-0.05, 0) is 25.7 Å². The van der Waals surface area contributed by atoms with Crippen LogP contribution in [0.3, 0.4) is 0 Å². The normalized spacial score (nSPS) is 36.3. The molecule has 11 heavy (non-hydrogen) atoms. The summed E-state index contributed by atoms with van der Waals surface area (Å²) in [4.78, 5) is 0. The Kier molecular flexibility index (Phi) is 1.90. The van der Waals surface area contributed by atoms with Gasteiger partial charge in [-0.3, -0.25) is 0 Å². The minimum absolute atomic E-state index is 0.185. The highest BCUT2D eigenvalue weighted by Gasteiger charge is 2.45. The Morgan fingerprint density at radius 3 is 2.82 bits per heavy atom. The third-order valence-corrected chi connectivity index (χ3v) is 3.05. The van der Waals surface area contributed by atoms with Crippen molar-refractivity contribution in [2.75, 3.05) is 13.2 Å². The molecule has 1 heterocycles. The minimum atomic E-state index is 0.185. The van der Waals surface area contributed by atoms with Gasteiger partial charge in [-0.2, -0.15) is 0 Å². The molecule has 0 aromatic heterocycles. The zero-order chi connectivity index (χ0) is 7.73. The first kappa shape index (κ1) is 7.56. The van der Waals surface area contributed by atoms with Gasteiger partial charge in [0.1, 0.15) is 0 Å². The molecule has 1 unspecified atom stereocenters. The van der Waals surface area contributed by atoms with Crippen LogP contribution in [0.1, 0.15) is 32.1 Å². The second-order valence-corrected chi connectivity index (χ2v) is 4.00. The van der Waals surface area contributed by atoms with E-state index in [1.54, 1.807) is 0 Å². The Hall–Kier alpha value is -0.0800. The summed E-state index contributed by atoms with van der Waals surface area (Å²) in [6.45, 7) is 1.86. The van der Waals surface area contributed by atoms with Gasteiger partial charge in [-0.15, -0.1) is 0 Å². The zero-order valence-electron chi connectivity index (χ0n) is 7.01. The van der Waals surface area contributed by atoms with Crippen LogP contribution in [0.25, 0.3) is 0 Å². The van der Waals surface area contributed by atoms with Gasteiger partial charge in [0.15, 0.2) is 0 Å². The predicted octanol–water partition coefficient (Wildman–Crippen LogP) is 1.29. The topological polar surface area (TPSA) is 35.2 Å². The molecule has 1 atom stereocenters. The van der Waals surface area contributed by atoms with Crippen molar-refractivity contribution in [3.63, 3.8) is 0 Å². The first-order valence-electron chi connectivity index (χ1n) is 4.68. The van der Waals surface area contributed by atoms with E-state index in [-0.39, 0.29) is 5.54 Å². The quantitative estimate of drug-likeness (QED) is 0.619. The van der Waals surface area contributed by atoms with Crippen LogP contribution in [0.4, 0.5) is 0 Å². The van der Waals surface area contributed by atoms with Crippen molar-refractivity contribution < 1.29 is 4.74 Å². The molecule has 0 bridgehead atoms. The molecular weight excluding hydrogens is 138 g/mol. The summed E-state index contributed by atoms with van der Waals surface area (Å²) >= 11 is 0. The van der Waals surface area contributed by atoms with E-state index in [4.69, 9.17) is 10.5 Å². The lowest BCUT2D eigenvalue weighted by Gasteiger charge is -2.20. The standard InChI is InChI=1S/C9H17NO/c10-9(4-5-9)8-3-1-2-6-11-7-8/h8H,1-7,10H2. The summed E-state index contributed by atoms with van der Waals surface area (Å²) in [6, 6.07) is 0. The molecule has 0 aromatic rings. The lowest BCUT2D eigenvalue weighted by Crippen LogP contribution is -2.34. The van der Waals surface area contributed by atoms with Gasteiger partial charge in [0.2, 0.25) is 0 Å². The van der Waals surface area contributed by atoms with Crippen LogP contribution in [0.15, 0.2) is 0 Å². The van der Waals surface area contributed by atoms with Crippen molar-refractivity contribution in [1.29, 1.82) is 0 Å². The lowest BCUT2D eigenvalue weighted by atomic mass is 9.94. The zero-order valence-corrected chi connectivity index (χ0v) is 7.01. The molecule has 2 N–H and O–H groups in total. The molecule has 2 nitrogen and oxygen atoms in total. The summed E-state index contributed by atoms with van der Waals surface area (Å²) in [5, 5.41) is 0. The molecule has 0 amide bonds.